The zero-order valence-corrected chi connectivity index (χ0v) is 11.8. The van der Waals surface area contributed by atoms with Crippen molar-refractivity contribution in [3.8, 4) is 5.75 Å². The van der Waals surface area contributed by atoms with Crippen LogP contribution in [0, 0.1) is 6.92 Å². The van der Waals surface area contributed by atoms with Gasteiger partial charge in [-0.15, -0.1) is 0 Å². The van der Waals surface area contributed by atoms with Gasteiger partial charge in [0.25, 0.3) is 0 Å². The highest BCUT2D eigenvalue weighted by Gasteiger charge is 2.08. The van der Waals surface area contributed by atoms with Crippen LogP contribution in [0.1, 0.15) is 25.6 Å². The van der Waals surface area contributed by atoms with Crippen molar-refractivity contribution >= 4 is 10.9 Å². The molecule has 0 fully saturated rings. The standard InChI is InChI=1S/C15H17N3O2/c1-10(2)19-13-4-5-14-12(8-13)6-7-18(14)9-15-16-11(3)17-20-15/h4-8,10H,9H2,1-3H3. The average Bonchev–Trinajstić information content (AvgIpc) is 2.96. The lowest BCUT2D eigenvalue weighted by Gasteiger charge is -2.09. The summed E-state index contributed by atoms with van der Waals surface area (Å²) in [6.07, 6.45) is 2.19. The molecule has 3 aromatic rings. The molecule has 1 aromatic carbocycles. The summed E-state index contributed by atoms with van der Waals surface area (Å²) >= 11 is 0. The number of aryl methyl sites for hydroxylation is 1. The minimum Gasteiger partial charge on any atom is -0.491 e. The third-order valence-electron chi connectivity index (χ3n) is 2.99. The molecule has 5 heteroatoms. The molecule has 0 saturated carbocycles. The molecule has 0 aliphatic heterocycles. The monoisotopic (exact) mass is 271 g/mol. The van der Waals surface area contributed by atoms with Crippen LogP contribution in [0.25, 0.3) is 10.9 Å². The quantitative estimate of drug-likeness (QED) is 0.731. The van der Waals surface area contributed by atoms with Gasteiger partial charge in [0, 0.05) is 17.1 Å². The predicted molar refractivity (Wildman–Crippen MR) is 75.8 cm³/mol. The summed E-state index contributed by atoms with van der Waals surface area (Å²) in [5, 5.41) is 4.94. The summed E-state index contributed by atoms with van der Waals surface area (Å²) in [4.78, 5) is 4.23. The first-order chi connectivity index (χ1) is 9.61. The Hall–Kier alpha value is -2.30. The fourth-order valence-corrected chi connectivity index (χ4v) is 2.21. The van der Waals surface area contributed by atoms with Crippen molar-refractivity contribution in [2.24, 2.45) is 0 Å². The summed E-state index contributed by atoms with van der Waals surface area (Å²) in [6.45, 7) is 6.44. The van der Waals surface area contributed by atoms with Gasteiger partial charge in [0.05, 0.1) is 6.10 Å². The Labute approximate surface area is 117 Å². The number of fused-ring (bicyclic) bond motifs is 1. The minimum absolute atomic E-state index is 0.177. The second kappa shape index (κ2) is 5.00. The zero-order chi connectivity index (χ0) is 14.1. The van der Waals surface area contributed by atoms with E-state index in [0.29, 0.717) is 18.3 Å². The Balaban J connectivity index is 1.89. The molecule has 104 valence electrons. The van der Waals surface area contributed by atoms with E-state index in [1.54, 1.807) is 0 Å². The van der Waals surface area contributed by atoms with Crippen molar-refractivity contribution in [3.05, 3.63) is 42.2 Å². The molecular weight excluding hydrogens is 254 g/mol. The minimum atomic E-state index is 0.177. The Morgan fingerprint density at radius 2 is 2.15 bits per heavy atom. The smallest absolute Gasteiger partial charge is 0.246 e. The Morgan fingerprint density at radius 3 is 2.85 bits per heavy atom. The van der Waals surface area contributed by atoms with Crippen LogP contribution >= 0.6 is 0 Å². The maximum Gasteiger partial charge on any atom is 0.246 e. The number of benzene rings is 1. The number of hydrogen-bond donors (Lipinski definition) is 0. The summed E-state index contributed by atoms with van der Waals surface area (Å²) in [5.41, 5.74) is 1.12. The number of rotatable bonds is 4. The normalized spacial score (nSPS) is 11.4. The Kier molecular flexibility index (Phi) is 3.18. The van der Waals surface area contributed by atoms with E-state index in [9.17, 15) is 0 Å². The molecule has 0 aliphatic carbocycles. The van der Waals surface area contributed by atoms with Crippen LogP contribution < -0.4 is 4.74 Å². The maximum atomic E-state index is 5.70. The number of hydrogen-bond acceptors (Lipinski definition) is 4. The second-order valence-electron chi connectivity index (χ2n) is 5.07. The van der Waals surface area contributed by atoms with Gasteiger partial charge in [-0.25, -0.2) is 0 Å². The van der Waals surface area contributed by atoms with Crippen molar-refractivity contribution < 1.29 is 9.26 Å². The highest BCUT2D eigenvalue weighted by Crippen LogP contribution is 2.23. The molecule has 20 heavy (non-hydrogen) atoms. The summed E-state index contributed by atoms with van der Waals surface area (Å²) in [6, 6.07) is 8.14. The lowest BCUT2D eigenvalue weighted by atomic mass is 10.2. The molecule has 3 rings (SSSR count). The van der Waals surface area contributed by atoms with Crippen LogP contribution in [-0.4, -0.2) is 20.8 Å². The SMILES string of the molecule is Cc1noc(Cn2ccc3cc(OC(C)C)ccc32)n1. The first kappa shape index (κ1) is 12.7. The van der Waals surface area contributed by atoms with Gasteiger partial charge in [0.15, 0.2) is 5.82 Å². The zero-order valence-electron chi connectivity index (χ0n) is 11.8. The number of nitrogens with zero attached hydrogens (tertiary/aromatic N) is 3. The molecule has 5 nitrogen and oxygen atoms in total. The molecule has 2 heterocycles. The summed E-state index contributed by atoms with van der Waals surface area (Å²) < 4.78 is 12.9. The summed E-state index contributed by atoms with van der Waals surface area (Å²) in [7, 11) is 0. The van der Waals surface area contributed by atoms with Gasteiger partial charge in [0.1, 0.15) is 12.3 Å². The lowest BCUT2D eigenvalue weighted by molar-refractivity contribution is 0.243. The molecule has 0 N–H and O–H groups in total. The highest BCUT2D eigenvalue weighted by atomic mass is 16.5. The first-order valence-corrected chi connectivity index (χ1v) is 6.66. The van der Waals surface area contributed by atoms with Crippen LogP contribution in [0.2, 0.25) is 0 Å². The van der Waals surface area contributed by atoms with Gasteiger partial charge in [-0.3, -0.25) is 0 Å². The second-order valence-corrected chi connectivity index (χ2v) is 5.07. The molecule has 0 saturated heterocycles. The maximum absolute atomic E-state index is 5.70. The van der Waals surface area contributed by atoms with Crippen LogP contribution in [0.15, 0.2) is 35.0 Å². The average molecular weight is 271 g/mol. The van der Waals surface area contributed by atoms with Gasteiger partial charge in [-0.2, -0.15) is 4.98 Å². The fraction of sp³-hybridized carbons (Fsp3) is 0.333. The van der Waals surface area contributed by atoms with E-state index in [2.05, 4.69) is 26.8 Å². The van der Waals surface area contributed by atoms with Gasteiger partial charge in [-0.1, -0.05) is 5.16 Å². The van der Waals surface area contributed by atoms with Gasteiger partial charge < -0.3 is 13.8 Å². The van der Waals surface area contributed by atoms with E-state index in [0.717, 1.165) is 16.7 Å². The lowest BCUT2D eigenvalue weighted by Crippen LogP contribution is -2.05. The number of ether oxygens (including phenoxy) is 1. The van der Waals surface area contributed by atoms with Gasteiger partial charge in [-0.05, 0) is 45.0 Å². The van der Waals surface area contributed by atoms with E-state index in [-0.39, 0.29) is 6.10 Å². The first-order valence-electron chi connectivity index (χ1n) is 6.66. The molecule has 0 amide bonds. The largest absolute Gasteiger partial charge is 0.491 e. The molecular formula is C15H17N3O2. The molecule has 0 atom stereocenters. The van der Waals surface area contributed by atoms with Crippen molar-refractivity contribution in [2.75, 3.05) is 0 Å². The van der Waals surface area contributed by atoms with Crippen molar-refractivity contribution in [3.63, 3.8) is 0 Å². The molecule has 0 unspecified atom stereocenters. The van der Waals surface area contributed by atoms with E-state index < -0.39 is 0 Å². The van der Waals surface area contributed by atoms with Crippen LogP contribution in [0.4, 0.5) is 0 Å². The van der Waals surface area contributed by atoms with E-state index in [4.69, 9.17) is 9.26 Å². The Bertz CT molecular complexity index is 728. The summed E-state index contributed by atoms with van der Waals surface area (Å²) in [5.74, 6) is 2.16. The van der Waals surface area contributed by atoms with Crippen LogP contribution in [-0.2, 0) is 6.54 Å². The molecule has 0 aliphatic rings. The molecule has 2 aromatic heterocycles. The van der Waals surface area contributed by atoms with Crippen LogP contribution in [0.5, 0.6) is 5.75 Å². The van der Waals surface area contributed by atoms with Gasteiger partial charge in [0.2, 0.25) is 5.89 Å². The third-order valence-corrected chi connectivity index (χ3v) is 2.99. The van der Waals surface area contributed by atoms with Crippen molar-refractivity contribution in [2.45, 2.75) is 33.4 Å². The van der Waals surface area contributed by atoms with Gasteiger partial charge >= 0.3 is 0 Å². The van der Waals surface area contributed by atoms with E-state index in [1.807, 2.05) is 39.1 Å². The van der Waals surface area contributed by atoms with Crippen molar-refractivity contribution in [1.29, 1.82) is 0 Å². The predicted octanol–water partition coefficient (Wildman–Crippen LogP) is 3.17. The molecule has 0 radical (unpaired) electrons. The fourth-order valence-electron chi connectivity index (χ4n) is 2.21. The highest BCUT2D eigenvalue weighted by molar-refractivity contribution is 5.81. The number of aromatic nitrogens is 3. The molecule has 0 spiro atoms. The Morgan fingerprint density at radius 1 is 1.30 bits per heavy atom. The van der Waals surface area contributed by atoms with Crippen LogP contribution in [0.3, 0.4) is 0 Å². The van der Waals surface area contributed by atoms with E-state index in [1.165, 1.54) is 0 Å². The topological polar surface area (TPSA) is 53.1 Å². The third kappa shape index (κ3) is 2.52. The molecule has 0 bridgehead atoms. The van der Waals surface area contributed by atoms with Crippen molar-refractivity contribution in [1.82, 2.24) is 14.7 Å². The van der Waals surface area contributed by atoms with E-state index >= 15 is 0 Å².